The number of rotatable bonds is 5. The lowest BCUT2D eigenvalue weighted by Crippen LogP contribution is -2.33. The molecule has 0 bridgehead atoms. The van der Waals surface area contributed by atoms with E-state index in [0.29, 0.717) is 12.3 Å². The third-order valence-corrected chi connectivity index (χ3v) is 5.42. The summed E-state index contributed by atoms with van der Waals surface area (Å²) in [4.78, 5) is 17.0. The van der Waals surface area contributed by atoms with Gasteiger partial charge in [0.1, 0.15) is 0 Å². The van der Waals surface area contributed by atoms with Gasteiger partial charge in [-0.2, -0.15) is 0 Å². The molecule has 0 saturated carbocycles. The summed E-state index contributed by atoms with van der Waals surface area (Å²) in [7, 11) is 0. The minimum atomic E-state index is 0.171. The molecule has 3 heterocycles. The number of likely N-dealkylation sites (tertiary alicyclic amines) is 1. The summed E-state index contributed by atoms with van der Waals surface area (Å²) in [6, 6.07) is 12.2. The van der Waals surface area contributed by atoms with Crippen LogP contribution in [0.2, 0.25) is 0 Å². The maximum Gasteiger partial charge on any atom is 0.223 e. The lowest BCUT2D eigenvalue weighted by atomic mass is 10.1. The van der Waals surface area contributed by atoms with Gasteiger partial charge < -0.3 is 14.1 Å². The Labute approximate surface area is 154 Å². The summed E-state index contributed by atoms with van der Waals surface area (Å²) >= 11 is 0. The number of fused-ring (bicyclic) bond motifs is 1. The van der Waals surface area contributed by atoms with Crippen LogP contribution in [-0.4, -0.2) is 54.6 Å². The van der Waals surface area contributed by atoms with Crippen LogP contribution in [-0.2, 0) is 22.5 Å². The van der Waals surface area contributed by atoms with E-state index in [4.69, 9.17) is 9.15 Å². The zero-order valence-corrected chi connectivity index (χ0v) is 15.0. The van der Waals surface area contributed by atoms with E-state index in [1.54, 1.807) is 12.5 Å². The molecule has 0 unspecified atom stereocenters. The van der Waals surface area contributed by atoms with Crippen LogP contribution >= 0.6 is 0 Å². The van der Waals surface area contributed by atoms with Crippen LogP contribution in [0.15, 0.2) is 53.3 Å². The first-order valence-corrected chi connectivity index (χ1v) is 9.44. The molecule has 2 saturated heterocycles. The molecule has 1 amide bonds. The number of furan rings is 1. The molecule has 26 heavy (non-hydrogen) atoms. The zero-order chi connectivity index (χ0) is 17.8. The van der Waals surface area contributed by atoms with Gasteiger partial charge in [-0.25, -0.2) is 0 Å². The van der Waals surface area contributed by atoms with E-state index in [2.05, 4.69) is 17.0 Å². The minimum Gasteiger partial charge on any atom is -0.472 e. The van der Waals surface area contributed by atoms with Crippen LogP contribution in [0.1, 0.15) is 17.5 Å². The van der Waals surface area contributed by atoms with Gasteiger partial charge in [-0.1, -0.05) is 30.3 Å². The molecule has 2 aromatic rings. The number of amides is 1. The number of hydrogen-bond donors (Lipinski definition) is 0. The van der Waals surface area contributed by atoms with E-state index in [1.165, 1.54) is 11.1 Å². The first-order valence-electron chi connectivity index (χ1n) is 9.44. The highest BCUT2D eigenvalue weighted by Gasteiger charge is 2.38. The van der Waals surface area contributed by atoms with Gasteiger partial charge in [0.15, 0.2) is 0 Å². The molecule has 2 atom stereocenters. The predicted octanol–water partition coefficient (Wildman–Crippen LogP) is 2.57. The predicted molar refractivity (Wildman–Crippen MR) is 98.6 cm³/mol. The Bertz CT molecular complexity index is 701. The fraction of sp³-hybridized carbons (Fsp3) is 0.476. The van der Waals surface area contributed by atoms with Gasteiger partial charge in [-0.3, -0.25) is 9.69 Å². The lowest BCUT2D eigenvalue weighted by Gasteiger charge is -2.22. The van der Waals surface area contributed by atoms with E-state index >= 15 is 0 Å². The van der Waals surface area contributed by atoms with E-state index in [0.717, 1.165) is 45.8 Å². The SMILES string of the molecule is O=C(CCc1ccccc1)N1C[C@@H]2CN(Cc3ccoc3)CCO[C@@H]2C1. The number of benzene rings is 1. The summed E-state index contributed by atoms with van der Waals surface area (Å²) in [6.07, 6.45) is 5.07. The second-order valence-corrected chi connectivity index (χ2v) is 7.32. The number of hydrogen-bond acceptors (Lipinski definition) is 4. The summed E-state index contributed by atoms with van der Waals surface area (Å²) in [5.41, 5.74) is 2.41. The number of carbonyl (C=O) groups is 1. The quantitative estimate of drug-likeness (QED) is 0.828. The Kier molecular flexibility index (Phi) is 5.37. The third kappa shape index (κ3) is 4.17. The topological polar surface area (TPSA) is 45.9 Å². The first kappa shape index (κ1) is 17.3. The van der Waals surface area contributed by atoms with E-state index in [9.17, 15) is 4.79 Å². The highest BCUT2D eigenvalue weighted by atomic mass is 16.5. The van der Waals surface area contributed by atoms with Crippen LogP contribution in [0.25, 0.3) is 0 Å². The maximum absolute atomic E-state index is 12.6. The van der Waals surface area contributed by atoms with E-state index in [1.807, 2.05) is 29.2 Å². The molecule has 138 valence electrons. The Balaban J connectivity index is 1.31. The van der Waals surface area contributed by atoms with Crippen LogP contribution < -0.4 is 0 Å². The number of ether oxygens (including phenoxy) is 1. The minimum absolute atomic E-state index is 0.171. The molecule has 5 heteroatoms. The number of nitrogens with zero attached hydrogens (tertiary/aromatic N) is 2. The molecule has 0 aliphatic carbocycles. The van der Waals surface area contributed by atoms with E-state index in [-0.39, 0.29) is 12.0 Å². The molecule has 1 aromatic carbocycles. The monoisotopic (exact) mass is 354 g/mol. The number of carbonyl (C=O) groups excluding carboxylic acids is 1. The summed E-state index contributed by atoms with van der Waals surface area (Å²) in [6.45, 7) is 5.05. The smallest absolute Gasteiger partial charge is 0.223 e. The van der Waals surface area contributed by atoms with Crippen molar-refractivity contribution >= 4 is 5.91 Å². The van der Waals surface area contributed by atoms with Gasteiger partial charge in [-0.15, -0.1) is 0 Å². The molecule has 1 aromatic heterocycles. The van der Waals surface area contributed by atoms with Crippen molar-refractivity contribution in [2.45, 2.75) is 25.5 Å². The second-order valence-electron chi connectivity index (χ2n) is 7.32. The summed E-state index contributed by atoms with van der Waals surface area (Å²) in [5, 5.41) is 0. The molecule has 0 radical (unpaired) electrons. The van der Waals surface area contributed by atoms with Crippen molar-refractivity contribution in [3.63, 3.8) is 0 Å². The second kappa shape index (κ2) is 8.06. The Hall–Kier alpha value is -2.11. The molecular formula is C21H26N2O3. The van der Waals surface area contributed by atoms with Crippen molar-refractivity contribution in [1.29, 1.82) is 0 Å². The summed E-state index contributed by atoms with van der Waals surface area (Å²) in [5.74, 6) is 0.636. The molecule has 5 nitrogen and oxygen atoms in total. The van der Waals surface area contributed by atoms with E-state index < -0.39 is 0 Å². The average Bonchev–Trinajstić information content (AvgIpc) is 3.27. The van der Waals surface area contributed by atoms with Gasteiger partial charge >= 0.3 is 0 Å². The highest BCUT2D eigenvalue weighted by Crippen LogP contribution is 2.25. The Morgan fingerprint density at radius 1 is 1.08 bits per heavy atom. The lowest BCUT2D eigenvalue weighted by molar-refractivity contribution is -0.130. The standard InChI is InChI=1S/C21H26N2O3/c24-21(7-6-17-4-2-1-3-5-17)23-14-19-13-22(9-11-26-20(19)15-23)12-18-8-10-25-16-18/h1-5,8,10,16,19-20H,6-7,9,11-15H2/t19-,20+/m0/s1. The molecule has 2 aliphatic heterocycles. The fourth-order valence-electron chi connectivity index (χ4n) is 4.00. The van der Waals surface area contributed by atoms with Crippen LogP contribution in [0, 0.1) is 5.92 Å². The fourth-order valence-corrected chi connectivity index (χ4v) is 4.00. The van der Waals surface area contributed by atoms with Gasteiger partial charge in [0, 0.05) is 50.6 Å². The molecule has 0 N–H and O–H groups in total. The van der Waals surface area contributed by atoms with Gasteiger partial charge in [0.05, 0.1) is 25.2 Å². The van der Waals surface area contributed by atoms with Crippen molar-refractivity contribution in [1.82, 2.24) is 9.80 Å². The average molecular weight is 354 g/mol. The summed E-state index contributed by atoms with van der Waals surface area (Å²) < 4.78 is 11.2. The Morgan fingerprint density at radius 2 is 1.96 bits per heavy atom. The van der Waals surface area contributed by atoms with Crippen LogP contribution in [0.3, 0.4) is 0 Å². The van der Waals surface area contributed by atoms with Crippen LogP contribution in [0.5, 0.6) is 0 Å². The molecule has 2 aliphatic rings. The van der Waals surface area contributed by atoms with Gasteiger partial charge in [-0.05, 0) is 18.1 Å². The van der Waals surface area contributed by atoms with Gasteiger partial charge in [0.25, 0.3) is 0 Å². The Morgan fingerprint density at radius 3 is 2.77 bits per heavy atom. The van der Waals surface area contributed by atoms with Gasteiger partial charge in [0.2, 0.25) is 5.91 Å². The maximum atomic E-state index is 12.6. The van der Waals surface area contributed by atoms with Crippen molar-refractivity contribution in [2.24, 2.45) is 5.92 Å². The zero-order valence-electron chi connectivity index (χ0n) is 15.0. The molecule has 4 rings (SSSR count). The van der Waals surface area contributed by atoms with Crippen molar-refractivity contribution < 1.29 is 13.9 Å². The molecular weight excluding hydrogens is 328 g/mol. The van der Waals surface area contributed by atoms with Crippen LogP contribution in [0.4, 0.5) is 0 Å². The van der Waals surface area contributed by atoms with Crippen molar-refractivity contribution in [3.05, 3.63) is 60.1 Å². The van der Waals surface area contributed by atoms with Crippen molar-refractivity contribution in [2.75, 3.05) is 32.8 Å². The molecule has 2 fully saturated rings. The highest BCUT2D eigenvalue weighted by molar-refractivity contribution is 5.76. The molecule has 0 spiro atoms. The van der Waals surface area contributed by atoms with Crippen molar-refractivity contribution in [3.8, 4) is 0 Å². The third-order valence-electron chi connectivity index (χ3n) is 5.42. The first-order chi connectivity index (χ1) is 12.8. The number of aryl methyl sites for hydroxylation is 1. The largest absolute Gasteiger partial charge is 0.472 e. The normalized spacial score (nSPS) is 23.6.